The molecule has 0 aromatic heterocycles. The van der Waals surface area contributed by atoms with Crippen molar-refractivity contribution in [1.82, 2.24) is 5.43 Å². The summed E-state index contributed by atoms with van der Waals surface area (Å²) in [6, 6.07) is 9.67. The molecule has 0 aliphatic rings. The van der Waals surface area contributed by atoms with Gasteiger partial charge in [0.1, 0.15) is 5.75 Å². The molecule has 0 radical (unpaired) electrons. The molecule has 2 amide bonds. The molecule has 2 N–H and O–H groups in total. The van der Waals surface area contributed by atoms with Crippen LogP contribution in [-0.4, -0.2) is 38.9 Å². The molecular weight excluding hydrogens is 398 g/mol. The summed E-state index contributed by atoms with van der Waals surface area (Å²) in [7, 11) is 4.50. The highest BCUT2D eigenvalue weighted by atomic mass is 35.5. The molecule has 0 bridgehead atoms. The maximum absolute atomic E-state index is 12.2. The summed E-state index contributed by atoms with van der Waals surface area (Å²) in [6.07, 6.45) is -0.00411. The molecule has 0 atom stereocenters. The summed E-state index contributed by atoms with van der Waals surface area (Å²) in [6.45, 7) is 1.63. The lowest BCUT2D eigenvalue weighted by Crippen LogP contribution is -2.21. The van der Waals surface area contributed by atoms with Crippen molar-refractivity contribution < 1.29 is 23.8 Å². The Morgan fingerprint density at radius 1 is 0.966 bits per heavy atom. The molecule has 0 aliphatic carbocycles. The average molecular weight is 420 g/mol. The Balaban J connectivity index is 1.94. The van der Waals surface area contributed by atoms with Crippen molar-refractivity contribution in [3.8, 4) is 17.2 Å². The summed E-state index contributed by atoms with van der Waals surface area (Å²) in [4.78, 5) is 24.4. The van der Waals surface area contributed by atoms with Crippen molar-refractivity contribution in [3.63, 3.8) is 0 Å². The van der Waals surface area contributed by atoms with Crippen LogP contribution in [0.3, 0.4) is 0 Å². The van der Waals surface area contributed by atoms with E-state index in [-0.39, 0.29) is 12.3 Å². The minimum atomic E-state index is -0.437. The SMILES string of the molecule is COc1ccc(NC(=O)C/C(C)=N/NC(=O)c2ccc(OC)c(OC)c2)cc1Cl. The van der Waals surface area contributed by atoms with E-state index in [1.165, 1.54) is 21.3 Å². The molecule has 0 aliphatic heterocycles. The Labute approximate surface area is 173 Å². The molecule has 154 valence electrons. The Bertz CT molecular complexity index is 930. The lowest BCUT2D eigenvalue weighted by atomic mass is 10.2. The highest BCUT2D eigenvalue weighted by molar-refractivity contribution is 6.32. The maximum Gasteiger partial charge on any atom is 0.271 e. The third-order valence-corrected chi connectivity index (χ3v) is 4.14. The summed E-state index contributed by atoms with van der Waals surface area (Å²) >= 11 is 6.04. The number of carbonyl (C=O) groups excluding carboxylic acids is 2. The monoisotopic (exact) mass is 419 g/mol. The first kappa shape index (κ1) is 22.0. The zero-order chi connectivity index (χ0) is 21.4. The summed E-state index contributed by atoms with van der Waals surface area (Å²) in [5.41, 5.74) is 3.72. The Morgan fingerprint density at radius 2 is 1.62 bits per heavy atom. The third kappa shape index (κ3) is 6.11. The Kier molecular flexibility index (Phi) is 7.85. The van der Waals surface area contributed by atoms with E-state index < -0.39 is 5.91 Å². The fraction of sp³-hybridized carbons (Fsp3) is 0.250. The number of carbonyl (C=O) groups is 2. The van der Waals surface area contributed by atoms with Crippen molar-refractivity contribution in [2.45, 2.75) is 13.3 Å². The number of nitrogens with one attached hydrogen (secondary N) is 2. The van der Waals surface area contributed by atoms with E-state index in [9.17, 15) is 9.59 Å². The minimum Gasteiger partial charge on any atom is -0.495 e. The molecule has 0 spiro atoms. The number of halogens is 1. The number of hydrogen-bond donors (Lipinski definition) is 2. The first-order chi connectivity index (χ1) is 13.9. The molecular formula is C20H22ClN3O5. The van der Waals surface area contributed by atoms with Gasteiger partial charge in [0.15, 0.2) is 11.5 Å². The second-order valence-electron chi connectivity index (χ2n) is 5.93. The van der Waals surface area contributed by atoms with Crippen LogP contribution in [0.1, 0.15) is 23.7 Å². The molecule has 0 saturated carbocycles. The van der Waals surface area contributed by atoms with Gasteiger partial charge >= 0.3 is 0 Å². The molecule has 0 saturated heterocycles. The Morgan fingerprint density at radius 3 is 2.24 bits per heavy atom. The molecule has 2 rings (SSSR count). The van der Waals surface area contributed by atoms with Crippen molar-refractivity contribution in [2.75, 3.05) is 26.6 Å². The van der Waals surface area contributed by atoms with Gasteiger partial charge in [0, 0.05) is 17.0 Å². The smallest absolute Gasteiger partial charge is 0.271 e. The van der Waals surface area contributed by atoms with Crippen LogP contribution in [0, 0.1) is 0 Å². The number of rotatable bonds is 8. The van der Waals surface area contributed by atoms with E-state index >= 15 is 0 Å². The molecule has 0 fully saturated rings. The number of hydrazone groups is 1. The zero-order valence-electron chi connectivity index (χ0n) is 16.5. The standard InChI is InChI=1S/C20H22ClN3O5/c1-12(9-19(25)22-14-6-8-16(27-2)15(21)11-14)23-24-20(26)13-5-7-17(28-3)18(10-13)29-4/h5-8,10-11H,9H2,1-4H3,(H,22,25)(H,24,26)/b23-12+. The topological polar surface area (TPSA) is 98.2 Å². The van der Waals surface area contributed by atoms with Crippen LogP contribution in [0.25, 0.3) is 0 Å². The molecule has 2 aromatic rings. The molecule has 29 heavy (non-hydrogen) atoms. The fourth-order valence-electron chi connectivity index (χ4n) is 2.41. The van der Waals surface area contributed by atoms with Crippen molar-refractivity contribution in [1.29, 1.82) is 0 Å². The van der Waals surface area contributed by atoms with Crippen LogP contribution in [0.2, 0.25) is 5.02 Å². The number of nitrogens with zero attached hydrogens (tertiary/aromatic N) is 1. The zero-order valence-corrected chi connectivity index (χ0v) is 17.3. The van der Waals surface area contributed by atoms with Gasteiger partial charge in [-0.25, -0.2) is 5.43 Å². The quantitative estimate of drug-likeness (QED) is 0.504. The third-order valence-electron chi connectivity index (χ3n) is 3.85. The van der Waals surface area contributed by atoms with E-state index in [4.69, 9.17) is 25.8 Å². The number of ether oxygens (including phenoxy) is 3. The molecule has 0 heterocycles. The molecule has 8 nitrogen and oxygen atoms in total. The first-order valence-corrected chi connectivity index (χ1v) is 8.94. The van der Waals surface area contributed by atoms with E-state index in [1.54, 1.807) is 43.3 Å². The van der Waals surface area contributed by atoms with Crippen molar-refractivity contribution in [2.24, 2.45) is 5.10 Å². The van der Waals surface area contributed by atoms with Crippen LogP contribution < -0.4 is 25.0 Å². The van der Waals surface area contributed by atoms with Crippen LogP contribution in [0.4, 0.5) is 5.69 Å². The second kappa shape index (κ2) is 10.3. The van der Waals surface area contributed by atoms with Gasteiger partial charge in [0.2, 0.25) is 5.91 Å². The summed E-state index contributed by atoms with van der Waals surface area (Å²) in [5.74, 6) is 0.721. The Hall–Kier alpha value is -3.26. The van der Waals surface area contributed by atoms with Crippen LogP contribution in [0.15, 0.2) is 41.5 Å². The number of anilines is 1. The fourth-order valence-corrected chi connectivity index (χ4v) is 2.67. The highest BCUT2D eigenvalue weighted by Crippen LogP contribution is 2.28. The van der Waals surface area contributed by atoms with Crippen LogP contribution >= 0.6 is 11.6 Å². The van der Waals surface area contributed by atoms with Gasteiger partial charge in [-0.05, 0) is 43.3 Å². The van der Waals surface area contributed by atoms with Gasteiger partial charge in [0.25, 0.3) is 5.91 Å². The number of benzene rings is 2. The van der Waals surface area contributed by atoms with Crippen molar-refractivity contribution in [3.05, 3.63) is 47.0 Å². The van der Waals surface area contributed by atoms with Gasteiger partial charge in [-0.2, -0.15) is 5.10 Å². The van der Waals surface area contributed by atoms with Gasteiger partial charge < -0.3 is 19.5 Å². The van der Waals surface area contributed by atoms with Crippen LogP contribution in [0.5, 0.6) is 17.2 Å². The van der Waals surface area contributed by atoms with E-state index in [1.807, 2.05) is 0 Å². The minimum absolute atomic E-state index is 0.00411. The second-order valence-corrected chi connectivity index (χ2v) is 6.34. The van der Waals surface area contributed by atoms with Gasteiger partial charge in [-0.1, -0.05) is 11.6 Å². The van der Waals surface area contributed by atoms with Gasteiger partial charge in [-0.3, -0.25) is 9.59 Å². The number of hydrogen-bond acceptors (Lipinski definition) is 6. The van der Waals surface area contributed by atoms with Crippen LogP contribution in [-0.2, 0) is 4.79 Å². The van der Waals surface area contributed by atoms with Gasteiger partial charge in [-0.15, -0.1) is 0 Å². The summed E-state index contributed by atoms with van der Waals surface area (Å²) < 4.78 is 15.4. The van der Waals surface area contributed by atoms with Gasteiger partial charge in [0.05, 0.1) is 32.8 Å². The normalized spacial score (nSPS) is 10.9. The van der Waals surface area contributed by atoms with Crippen molar-refractivity contribution >= 4 is 34.8 Å². The van der Waals surface area contributed by atoms with E-state index in [2.05, 4.69) is 15.8 Å². The maximum atomic E-state index is 12.2. The number of amides is 2. The predicted octanol–water partition coefficient (Wildman–Crippen LogP) is 3.50. The lowest BCUT2D eigenvalue weighted by molar-refractivity contribution is -0.115. The summed E-state index contributed by atoms with van der Waals surface area (Å²) in [5, 5.41) is 7.06. The number of methoxy groups -OCH3 is 3. The highest BCUT2D eigenvalue weighted by Gasteiger charge is 2.11. The van der Waals surface area contributed by atoms with E-state index in [0.29, 0.717) is 39.2 Å². The molecule has 9 heteroatoms. The average Bonchev–Trinajstić information content (AvgIpc) is 2.71. The lowest BCUT2D eigenvalue weighted by Gasteiger charge is -2.09. The first-order valence-electron chi connectivity index (χ1n) is 8.56. The largest absolute Gasteiger partial charge is 0.495 e. The van der Waals surface area contributed by atoms with E-state index in [0.717, 1.165) is 0 Å². The molecule has 2 aromatic carbocycles. The predicted molar refractivity (Wildman–Crippen MR) is 111 cm³/mol. The molecule has 0 unspecified atom stereocenters.